The smallest absolute Gasteiger partial charge is 0.325 e. The summed E-state index contributed by atoms with van der Waals surface area (Å²) in [6.45, 7) is 5.52. The lowest BCUT2D eigenvalue weighted by Gasteiger charge is -2.33. The van der Waals surface area contributed by atoms with Crippen LogP contribution in [0.25, 0.3) is 0 Å². The number of urea groups is 1. The van der Waals surface area contributed by atoms with E-state index in [0.717, 1.165) is 23.6 Å². The lowest BCUT2D eigenvalue weighted by atomic mass is 9.97. The Labute approximate surface area is 158 Å². The Morgan fingerprint density at radius 3 is 2.85 bits per heavy atom. The first-order valence-electron chi connectivity index (χ1n) is 9.25. The van der Waals surface area contributed by atoms with Gasteiger partial charge < -0.3 is 19.5 Å². The second-order valence-electron chi connectivity index (χ2n) is 7.60. The molecule has 2 saturated heterocycles. The predicted octanol–water partition coefficient (Wildman–Crippen LogP) is 0.566. The van der Waals surface area contributed by atoms with Crippen molar-refractivity contribution >= 4 is 17.8 Å². The lowest BCUT2D eigenvalue weighted by Crippen LogP contribution is -2.47. The van der Waals surface area contributed by atoms with Crippen LogP contribution in [0.2, 0.25) is 0 Å². The Morgan fingerprint density at radius 2 is 2.19 bits per heavy atom. The average molecular weight is 377 g/mol. The van der Waals surface area contributed by atoms with Gasteiger partial charge in [-0.25, -0.2) is 9.78 Å². The van der Waals surface area contributed by atoms with E-state index < -0.39 is 11.6 Å². The van der Waals surface area contributed by atoms with Crippen molar-refractivity contribution in [2.24, 2.45) is 0 Å². The van der Waals surface area contributed by atoms with Crippen molar-refractivity contribution in [2.75, 3.05) is 33.4 Å². The molecule has 3 heterocycles. The van der Waals surface area contributed by atoms with Crippen molar-refractivity contribution in [3.05, 3.63) is 18.2 Å². The fraction of sp³-hybridized carbons (Fsp3) is 0.667. The highest BCUT2D eigenvalue weighted by Gasteiger charge is 2.45. The van der Waals surface area contributed by atoms with Gasteiger partial charge in [-0.15, -0.1) is 0 Å². The zero-order valence-electron chi connectivity index (χ0n) is 16.1. The van der Waals surface area contributed by atoms with Gasteiger partial charge in [-0.2, -0.15) is 0 Å². The average Bonchev–Trinajstić information content (AvgIpc) is 3.18. The van der Waals surface area contributed by atoms with Gasteiger partial charge in [-0.05, 0) is 26.7 Å². The number of rotatable bonds is 6. The van der Waals surface area contributed by atoms with Crippen LogP contribution in [0, 0.1) is 0 Å². The van der Waals surface area contributed by atoms with Gasteiger partial charge in [0, 0.05) is 45.1 Å². The van der Waals surface area contributed by atoms with E-state index in [9.17, 15) is 14.4 Å². The minimum Gasteiger partial charge on any atom is -0.383 e. The summed E-state index contributed by atoms with van der Waals surface area (Å²) in [6.07, 6.45) is 5.49. The number of nitrogens with zero attached hydrogens (tertiary/aromatic N) is 4. The summed E-state index contributed by atoms with van der Waals surface area (Å²) in [6, 6.07) is -0.512. The van der Waals surface area contributed by atoms with E-state index >= 15 is 0 Å². The monoisotopic (exact) mass is 377 g/mol. The highest BCUT2D eigenvalue weighted by molar-refractivity contribution is 6.08. The molecule has 4 amide bonds. The number of methoxy groups -OCH3 is 1. The zero-order chi connectivity index (χ0) is 19.6. The fourth-order valence-corrected chi connectivity index (χ4v) is 3.67. The number of imide groups is 1. The molecule has 1 aromatic heterocycles. The summed E-state index contributed by atoms with van der Waals surface area (Å²) in [5.74, 6) is 0.496. The van der Waals surface area contributed by atoms with Crippen molar-refractivity contribution in [1.29, 1.82) is 0 Å². The zero-order valence-corrected chi connectivity index (χ0v) is 16.1. The number of likely N-dealkylation sites (tertiary alicyclic amines) is 1. The van der Waals surface area contributed by atoms with Crippen molar-refractivity contribution in [1.82, 2.24) is 24.7 Å². The molecule has 2 fully saturated rings. The number of carbonyl (C=O) groups is 3. The number of nitrogens with one attached hydrogen (secondary N) is 1. The first-order valence-corrected chi connectivity index (χ1v) is 9.25. The van der Waals surface area contributed by atoms with Gasteiger partial charge in [0.15, 0.2) is 0 Å². The number of piperidine rings is 1. The Morgan fingerprint density at radius 1 is 1.41 bits per heavy atom. The molecule has 3 rings (SSSR count). The lowest BCUT2D eigenvalue weighted by molar-refractivity contribution is -0.139. The van der Waals surface area contributed by atoms with Crippen LogP contribution >= 0.6 is 0 Å². The van der Waals surface area contributed by atoms with Gasteiger partial charge in [-0.1, -0.05) is 0 Å². The molecule has 0 radical (unpaired) electrons. The quantitative estimate of drug-likeness (QED) is 0.731. The highest BCUT2D eigenvalue weighted by Crippen LogP contribution is 2.26. The summed E-state index contributed by atoms with van der Waals surface area (Å²) in [5.41, 5.74) is -0.964. The van der Waals surface area contributed by atoms with Crippen LogP contribution < -0.4 is 5.32 Å². The topological polar surface area (TPSA) is 96.8 Å². The Bertz CT molecular complexity index is 729. The van der Waals surface area contributed by atoms with Crippen LogP contribution in [0.3, 0.4) is 0 Å². The number of hydrogen-bond acceptors (Lipinski definition) is 5. The van der Waals surface area contributed by atoms with Gasteiger partial charge in [-0.3, -0.25) is 14.5 Å². The molecule has 0 aliphatic carbocycles. The maximum absolute atomic E-state index is 12.7. The molecule has 1 N–H and O–H groups in total. The third kappa shape index (κ3) is 3.97. The molecule has 2 aliphatic heterocycles. The number of ether oxygens (including phenoxy) is 1. The van der Waals surface area contributed by atoms with E-state index in [4.69, 9.17) is 4.74 Å². The van der Waals surface area contributed by atoms with E-state index in [0.29, 0.717) is 26.2 Å². The van der Waals surface area contributed by atoms with Crippen LogP contribution in [0.5, 0.6) is 0 Å². The maximum Gasteiger partial charge on any atom is 0.325 e. The van der Waals surface area contributed by atoms with E-state index in [1.807, 2.05) is 6.20 Å². The van der Waals surface area contributed by atoms with Crippen LogP contribution in [0.4, 0.5) is 4.79 Å². The van der Waals surface area contributed by atoms with Crippen molar-refractivity contribution in [3.8, 4) is 0 Å². The minimum atomic E-state index is -0.964. The summed E-state index contributed by atoms with van der Waals surface area (Å²) in [5, 5.41) is 2.60. The number of carbonyl (C=O) groups excluding carboxylic acids is 3. The van der Waals surface area contributed by atoms with E-state index in [1.54, 1.807) is 32.1 Å². The SMILES string of the molecule is COCCn1ccnc1[C@@H]1CCCN(C(=O)CN2C(=O)NC(C)(C)C2=O)C1. The molecule has 0 saturated carbocycles. The molecular formula is C18H27N5O4. The second kappa shape index (κ2) is 7.67. The van der Waals surface area contributed by atoms with Gasteiger partial charge in [0.2, 0.25) is 5.91 Å². The predicted molar refractivity (Wildman–Crippen MR) is 97.0 cm³/mol. The maximum atomic E-state index is 12.7. The van der Waals surface area contributed by atoms with Gasteiger partial charge in [0.25, 0.3) is 5.91 Å². The summed E-state index contributed by atoms with van der Waals surface area (Å²) < 4.78 is 7.20. The molecule has 0 unspecified atom stereocenters. The van der Waals surface area contributed by atoms with Crippen LogP contribution in [0.15, 0.2) is 12.4 Å². The molecule has 27 heavy (non-hydrogen) atoms. The molecule has 0 aromatic carbocycles. The molecule has 1 atom stereocenters. The van der Waals surface area contributed by atoms with Gasteiger partial charge >= 0.3 is 6.03 Å². The molecular weight excluding hydrogens is 350 g/mol. The molecule has 0 bridgehead atoms. The standard InChI is InChI=1S/C18H27N5O4/c1-18(2)16(25)23(17(26)20-18)12-14(24)22-7-4-5-13(11-22)15-19-6-8-21(15)9-10-27-3/h6,8,13H,4-5,7,9-12H2,1-3H3,(H,20,26)/t13-/m1/s1. The van der Waals surface area contributed by atoms with Gasteiger partial charge in [0.05, 0.1) is 6.61 Å². The van der Waals surface area contributed by atoms with Crippen molar-refractivity contribution < 1.29 is 19.1 Å². The summed E-state index contributed by atoms with van der Waals surface area (Å²) >= 11 is 0. The summed E-state index contributed by atoms with van der Waals surface area (Å²) in [7, 11) is 1.66. The first-order chi connectivity index (χ1) is 12.8. The minimum absolute atomic E-state index is 0.133. The molecule has 148 valence electrons. The van der Waals surface area contributed by atoms with Crippen LogP contribution in [-0.2, 0) is 20.9 Å². The normalized spacial score (nSPS) is 22.3. The second-order valence-corrected chi connectivity index (χ2v) is 7.60. The molecule has 0 spiro atoms. The Hall–Kier alpha value is -2.42. The third-order valence-corrected chi connectivity index (χ3v) is 5.16. The van der Waals surface area contributed by atoms with E-state index in [1.165, 1.54) is 0 Å². The van der Waals surface area contributed by atoms with E-state index in [-0.39, 0.29) is 24.3 Å². The Balaban J connectivity index is 1.64. The van der Waals surface area contributed by atoms with Crippen molar-refractivity contribution in [3.63, 3.8) is 0 Å². The molecule has 1 aromatic rings. The fourth-order valence-electron chi connectivity index (χ4n) is 3.67. The molecule has 9 heteroatoms. The molecule has 9 nitrogen and oxygen atoms in total. The number of aromatic nitrogens is 2. The molecule has 2 aliphatic rings. The highest BCUT2D eigenvalue weighted by atomic mass is 16.5. The number of amides is 4. The Kier molecular flexibility index (Phi) is 5.50. The van der Waals surface area contributed by atoms with E-state index in [2.05, 4.69) is 14.9 Å². The summed E-state index contributed by atoms with van der Waals surface area (Å²) in [4.78, 5) is 44.3. The van der Waals surface area contributed by atoms with Crippen molar-refractivity contribution in [2.45, 2.75) is 44.7 Å². The first kappa shape index (κ1) is 19.3. The van der Waals surface area contributed by atoms with Gasteiger partial charge in [0.1, 0.15) is 17.9 Å². The largest absolute Gasteiger partial charge is 0.383 e. The van der Waals surface area contributed by atoms with Crippen LogP contribution in [0.1, 0.15) is 38.4 Å². The third-order valence-electron chi connectivity index (χ3n) is 5.16. The number of imidazole rings is 1. The van der Waals surface area contributed by atoms with Crippen LogP contribution in [-0.4, -0.2) is 76.1 Å². The number of hydrogen-bond donors (Lipinski definition) is 1.